The number of nitrogens with zero attached hydrogens (tertiary/aromatic N) is 1. The van der Waals surface area contributed by atoms with Crippen LogP contribution >= 0.6 is 0 Å². The van der Waals surface area contributed by atoms with Crippen LogP contribution in [0, 0.1) is 11.8 Å². The molecular weight excluding hydrogens is 393 g/mol. The van der Waals surface area contributed by atoms with Crippen molar-refractivity contribution in [2.24, 2.45) is 11.8 Å². The van der Waals surface area contributed by atoms with Crippen LogP contribution in [0.3, 0.4) is 0 Å². The van der Waals surface area contributed by atoms with Crippen molar-refractivity contribution in [2.45, 2.75) is 31.9 Å². The number of aliphatic hydroxyl groups excluding tert-OH is 1. The summed E-state index contributed by atoms with van der Waals surface area (Å²) in [7, 11) is 0. The minimum Gasteiger partial charge on any atom is -0.477 e. The monoisotopic (exact) mass is 414 g/mol. The summed E-state index contributed by atoms with van der Waals surface area (Å²) in [6.07, 6.45) is 0.859. The second-order valence-corrected chi connectivity index (χ2v) is 7.92. The van der Waals surface area contributed by atoms with E-state index in [-0.39, 0.29) is 74.9 Å². The topological polar surface area (TPSA) is 77.8 Å². The maximum atomic E-state index is 12.6. The fraction of sp³-hybridized carbons (Fsp3) is 0.304. The minimum absolute atomic E-state index is 0. The van der Waals surface area contributed by atoms with E-state index in [2.05, 4.69) is 18.2 Å². The van der Waals surface area contributed by atoms with Gasteiger partial charge in [-0.15, -0.1) is 0 Å². The summed E-state index contributed by atoms with van der Waals surface area (Å²) in [4.78, 5) is 26.2. The molecule has 0 saturated carbocycles. The normalized spacial score (nSPS) is 25.4. The molecule has 5 rings (SSSR count). The Morgan fingerprint density at radius 2 is 1.86 bits per heavy atom. The van der Waals surface area contributed by atoms with Crippen LogP contribution in [0.5, 0.6) is 0 Å². The van der Waals surface area contributed by atoms with Crippen LogP contribution in [0.15, 0.2) is 54.2 Å². The molecule has 2 aromatic rings. The molecule has 0 aromatic heterocycles. The SMILES string of the molecule is C[C@@H](O)[C@H]1C(=O)N2C(C(=O)O)=C3c4cc(-c5ccccc5)ccc4CCC3[C@H]12.[K]. The average Bonchev–Trinajstić information content (AvgIpc) is 2.99. The van der Waals surface area contributed by atoms with Gasteiger partial charge in [0.05, 0.1) is 18.1 Å². The van der Waals surface area contributed by atoms with Crippen LogP contribution < -0.4 is 0 Å². The third-order valence-electron chi connectivity index (χ3n) is 6.42. The number of carboxylic acid groups (broad SMARTS) is 1. The van der Waals surface area contributed by atoms with E-state index in [1.807, 2.05) is 30.3 Å². The van der Waals surface area contributed by atoms with Crippen molar-refractivity contribution in [1.29, 1.82) is 0 Å². The predicted octanol–water partition coefficient (Wildman–Crippen LogP) is 2.55. The molecule has 6 heteroatoms. The number of amides is 1. The molecule has 1 aliphatic carbocycles. The van der Waals surface area contributed by atoms with Gasteiger partial charge in [0.25, 0.3) is 0 Å². The molecule has 1 saturated heterocycles. The van der Waals surface area contributed by atoms with E-state index in [0.717, 1.165) is 40.7 Å². The first kappa shape index (κ1) is 21.0. The Labute approximate surface area is 211 Å². The molecule has 0 spiro atoms. The molecule has 1 amide bonds. The number of carbonyl (C=O) groups is 2. The molecule has 2 heterocycles. The average molecular weight is 415 g/mol. The number of fused-ring (bicyclic) bond motifs is 5. The molecular formula is C23H21KNO4. The van der Waals surface area contributed by atoms with Crippen molar-refractivity contribution in [1.82, 2.24) is 4.90 Å². The third-order valence-corrected chi connectivity index (χ3v) is 6.42. The number of β-lactam (4-membered cyclic amide) rings is 1. The van der Waals surface area contributed by atoms with Gasteiger partial charge in [0.1, 0.15) is 5.70 Å². The second-order valence-electron chi connectivity index (χ2n) is 7.92. The zero-order chi connectivity index (χ0) is 19.6. The molecule has 2 N–H and O–H groups in total. The summed E-state index contributed by atoms with van der Waals surface area (Å²) in [5.41, 5.74) is 5.01. The van der Waals surface area contributed by atoms with Gasteiger partial charge in [-0.3, -0.25) is 4.79 Å². The van der Waals surface area contributed by atoms with Gasteiger partial charge in [0, 0.05) is 57.3 Å². The predicted molar refractivity (Wildman–Crippen MR) is 110 cm³/mol. The Morgan fingerprint density at radius 3 is 2.52 bits per heavy atom. The number of aryl methyl sites for hydroxylation is 1. The summed E-state index contributed by atoms with van der Waals surface area (Å²) in [5, 5.41) is 20.0. The summed E-state index contributed by atoms with van der Waals surface area (Å²) in [5.74, 6) is -1.91. The number of aliphatic hydroxyl groups is 1. The van der Waals surface area contributed by atoms with E-state index in [0.29, 0.717) is 0 Å². The summed E-state index contributed by atoms with van der Waals surface area (Å²) in [6.45, 7) is 1.61. The maximum Gasteiger partial charge on any atom is 0.352 e. The Balaban J connectivity index is 0.00000205. The number of aliphatic carboxylic acids is 1. The number of hydrogen-bond donors (Lipinski definition) is 2. The molecule has 2 aliphatic heterocycles. The fourth-order valence-electron chi connectivity index (χ4n) is 5.22. The van der Waals surface area contributed by atoms with Gasteiger partial charge >= 0.3 is 5.97 Å². The molecule has 29 heavy (non-hydrogen) atoms. The zero-order valence-electron chi connectivity index (χ0n) is 16.5. The van der Waals surface area contributed by atoms with E-state index in [1.165, 1.54) is 4.90 Å². The van der Waals surface area contributed by atoms with Crippen LogP contribution in [0.25, 0.3) is 16.7 Å². The molecule has 1 radical (unpaired) electrons. The minimum atomic E-state index is -1.07. The van der Waals surface area contributed by atoms with Crippen LogP contribution in [0.2, 0.25) is 0 Å². The third kappa shape index (κ3) is 3.09. The van der Waals surface area contributed by atoms with Gasteiger partial charge in [0.2, 0.25) is 5.91 Å². The Hall–Kier alpha value is -1.28. The summed E-state index contributed by atoms with van der Waals surface area (Å²) >= 11 is 0. The Morgan fingerprint density at radius 1 is 1.14 bits per heavy atom. The number of rotatable bonds is 3. The first-order valence-electron chi connectivity index (χ1n) is 9.66. The number of carboxylic acids is 1. The van der Waals surface area contributed by atoms with E-state index < -0.39 is 18.0 Å². The van der Waals surface area contributed by atoms with E-state index in [9.17, 15) is 19.8 Å². The molecule has 143 valence electrons. The Kier molecular flexibility index (Phi) is 5.61. The summed E-state index contributed by atoms with van der Waals surface area (Å²) < 4.78 is 0. The number of carbonyl (C=O) groups excluding carboxylic acids is 1. The fourth-order valence-corrected chi connectivity index (χ4v) is 5.22. The number of benzene rings is 2. The van der Waals surface area contributed by atoms with Crippen LogP contribution in [0.4, 0.5) is 0 Å². The van der Waals surface area contributed by atoms with Crippen LogP contribution in [-0.4, -0.2) is 90.5 Å². The largest absolute Gasteiger partial charge is 0.477 e. The van der Waals surface area contributed by atoms with Crippen LogP contribution in [-0.2, 0) is 16.0 Å². The molecule has 2 aromatic carbocycles. The molecule has 5 nitrogen and oxygen atoms in total. The Bertz CT molecular complexity index is 1030. The molecule has 4 atom stereocenters. The van der Waals surface area contributed by atoms with Crippen molar-refractivity contribution >= 4 is 68.8 Å². The van der Waals surface area contributed by atoms with Gasteiger partial charge in [-0.25, -0.2) is 4.79 Å². The van der Waals surface area contributed by atoms with E-state index >= 15 is 0 Å². The van der Waals surface area contributed by atoms with Crippen molar-refractivity contribution in [3.63, 3.8) is 0 Å². The van der Waals surface area contributed by atoms with Gasteiger partial charge in [0.15, 0.2) is 0 Å². The maximum absolute atomic E-state index is 12.6. The van der Waals surface area contributed by atoms with Crippen molar-refractivity contribution in [2.75, 3.05) is 0 Å². The standard InChI is InChI=1S/C23H21NO4.K/c1-12(25)18-20-16-10-9-14-7-8-15(13-5-3-2-4-6-13)11-17(14)19(16)21(23(27)28)24(20)22(18)26;/h2-8,11-12,16,18,20,25H,9-10H2,1H3,(H,27,28);/t12-,16?,18-,20-;/m1./s1. The van der Waals surface area contributed by atoms with Gasteiger partial charge in [-0.1, -0.05) is 42.5 Å². The van der Waals surface area contributed by atoms with Gasteiger partial charge in [-0.2, -0.15) is 0 Å². The second kappa shape index (κ2) is 7.76. The first-order chi connectivity index (χ1) is 13.5. The van der Waals surface area contributed by atoms with Crippen molar-refractivity contribution < 1.29 is 19.8 Å². The van der Waals surface area contributed by atoms with Crippen molar-refractivity contribution in [3.8, 4) is 11.1 Å². The molecule has 1 fully saturated rings. The summed E-state index contributed by atoms with van der Waals surface area (Å²) in [6, 6.07) is 15.9. The van der Waals surface area contributed by atoms with Gasteiger partial charge < -0.3 is 15.1 Å². The van der Waals surface area contributed by atoms with Crippen LogP contribution in [0.1, 0.15) is 24.5 Å². The number of hydrogen-bond acceptors (Lipinski definition) is 3. The van der Waals surface area contributed by atoms with Gasteiger partial charge in [-0.05, 0) is 53.7 Å². The van der Waals surface area contributed by atoms with E-state index in [4.69, 9.17) is 0 Å². The zero-order valence-corrected chi connectivity index (χ0v) is 19.6. The molecule has 0 bridgehead atoms. The molecule has 3 aliphatic rings. The molecule has 1 unspecified atom stereocenters. The van der Waals surface area contributed by atoms with E-state index in [1.54, 1.807) is 6.92 Å². The quantitative estimate of drug-likeness (QED) is 0.598. The van der Waals surface area contributed by atoms with Crippen molar-refractivity contribution in [3.05, 3.63) is 65.4 Å². The smallest absolute Gasteiger partial charge is 0.352 e. The first-order valence-corrected chi connectivity index (χ1v) is 9.66.